The van der Waals surface area contributed by atoms with E-state index in [9.17, 15) is 14.4 Å². The Kier molecular flexibility index (Phi) is 7.67. The number of rotatable bonds is 7. The van der Waals surface area contributed by atoms with Crippen LogP contribution in [-0.2, 0) is 9.53 Å². The summed E-state index contributed by atoms with van der Waals surface area (Å²) in [7, 11) is 1.51. The van der Waals surface area contributed by atoms with Gasteiger partial charge in [-0.2, -0.15) is 0 Å². The number of imide groups is 1. The number of aromatic nitrogens is 2. The minimum absolute atomic E-state index is 0.109. The van der Waals surface area contributed by atoms with Gasteiger partial charge in [0.2, 0.25) is 5.91 Å². The van der Waals surface area contributed by atoms with Crippen molar-refractivity contribution in [3.05, 3.63) is 63.4 Å². The number of fused-ring (bicyclic) bond motifs is 1. The quantitative estimate of drug-likeness (QED) is 0.319. The zero-order valence-electron chi connectivity index (χ0n) is 17.0. The molecule has 2 aromatic carbocycles. The van der Waals surface area contributed by atoms with Gasteiger partial charge in [0.15, 0.2) is 5.16 Å². The molecule has 0 fully saturated rings. The third-order valence-corrected chi connectivity index (χ3v) is 5.75. The highest BCUT2D eigenvalue weighted by Crippen LogP contribution is 2.26. The Morgan fingerprint density at radius 2 is 1.97 bits per heavy atom. The number of halogens is 1. The van der Waals surface area contributed by atoms with E-state index < -0.39 is 11.9 Å². The van der Waals surface area contributed by atoms with Crippen LogP contribution in [0.4, 0.5) is 4.79 Å². The molecule has 0 unspecified atom stereocenters. The van der Waals surface area contributed by atoms with Crippen molar-refractivity contribution in [1.29, 1.82) is 0 Å². The highest BCUT2D eigenvalue weighted by molar-refractivity contribution is 7.99. The second-order valence-corrected chi connectivity index (χ2v) is 7.87. The number of hydrogen-bond acceptors (Lipinski definition) is 6. The maximum atomic E-state index is 13.3. The van der Waals surface area contributed by atoms with Crippen LogP contribution in [0.2, 0.25) is 5.02 Å². The first kappa shape index (κ1) is 22.8. The number of thioether (sulfide) groups is 1. The molecule has 3 amide bonds. The molecule has 0 aliphatic carbocycles. The lowest BCUT2D eigenvalue weighted by molar-refractivity contribution is -0.117. The number of amides is 3. The molecule has 31 heavy (non-hydrogen) atoms. The minimum Gasteiger partial charge on any atom is -0.383 e. The van der Waals surface area contributed by atoms with E-state index in [1.54, 1.807) is 42.5 Å². The van der Waals surface area contributed by atoms with E-state index in [4.69, 9.17) is 16.3 Å². The van der Waals surface area contributed by atoms with Crippen LogP contribution in [0.25, 0.3) is 16.6 Å². The lowest BCUT2D eigenvalue weighted by atomic mass is 10.2. The van der Waals surface area contributed by atoms with Gasteiger partial charge in [-0.3, -0.25) is 19.5 Å². The van der Waals surface area contributed by atoms with Crippen molar-refractivity contribution in [3.8, 4) is 5.69 Å². The monoisotopic (exact) mass is 460 g/mol. The largest absolute Gasteiger partial charge is 0.383 e. The summed E-state index contributed by atoms with van der Waals surface area (Å²) in [4.78, 5) is 41.8. The smallest absolute Gasteiger partial charge is 0.321 e. The summed E-state index contributed by atoms with van der Waals surface area (Å²) in [5, 5.41) is 6.03. The van der Waals surface area contributed by atoms with Crippen LogP contribution in [-0.4, -0.2) is 47.5 Å². The number of nitrogens with zero attached hydrogens (tertiary/aromatic N) is 2. The van der Waals surface area contributed by atoms with Gasteiger partial charge in [0, 0.05) is 18.7 Å². The molecule has 1 heterocycles. The van der Waals surface area contributed by atoms with Gasteiger partial charge >= 0.3 is 6.03 Å². The standard InChI is InChI=1S/C21H21ClN4O4S/c1-13-15(22)7-5-9-17(13)26-19(28)14-6-3-4-8-16(14)24-21(26)31-12-18(27)25-20(29)23-10-11-30-2/h3-9H,10-12H2,1-2H3,(H2,23,25,27,29). The van der Waals surface area contributed by atoms with E-state index in [2.05, 4.69) is 15.6 Å². The first-order valence-electron chi connectivity index (χ1n) is 9.39. The number of ether oxygens (including phenoxy) is 1. The van der Waals surface area contributed by atoms with Crippen molar-refractivity contribution in [2.45, 2.75) is 12.1 Å². The minimum atomic E-state index is -0.614. The molecule has 0 aliphatic rings. The lowest BCUT2D eigenvalue weighted by Gasteiger charge is -2.15. The van der Waals surface area contributed by atoms with Crippen molar-refractivity contribution in [2.24, 2.45) is 0 Å². The second kappa shape index (κ2) is 10.4. The van der Waals surface area contributed by atoms with Gasteiger partial charge in [0.25, 0.3) is 5.56 Å². The normalized spacial score (nSPS) is 10.8. The number of hydrogen-bond donors (Lipinski definition) is 2. The van der Waals surface area contributed by atoms with Gasteiger partial charge in [-0.25, -0.2) is 9.78 Å². The number of urea groups is 1. The van der Waals surface area contributed by atoms with Crippen molar-refractivity contribution in [2.75, 3.05) is 26.0 Å². The molecule has 0 bridgehead atoms. The Balaban J connectivity index is 1.91. The Morgan fingerprint density at radius 3 is 2.74 bits per heavy atom. The summed E-state index contributed by atoms with van der Waals surface area (Å²) in [6, 6.07) is 11.6. The Hall–Kier alpha value is -2.88. The molecule has 0 saturated carbocycles. The third kappa shape index (κ3) is 5.43. The zero-order chi connectivity index (χ0) is 22.4. The molecule has 3 rings (SSSR count). The molecule has 3 aromatic rings. The SMILES string of the molecule is COCCNC(=O)NC(=O)CSc1nc2ccccc2c(=O)n1-c1cccc(Cl)c1C. The number of carbonyl (C=O) groups excluding carboxylic acids is 2. The highest BCUT2D eigenvalue weighted by Gasteiger charge is 2.17. The third-order valence-electron chi connectivity index (χ3n) is 4.40. The van der Waals surface area contributed by atoms with Crippen molar-refractivity contribution >= 4 is 46.2 Å². The molecule has 0 aliphatic heterocycles. The van der Waals surface area contributed by atoms with Crippen LogP contribution in [0.3, 0.4) is 0 Å². The van der Waals surface area contributed by atoms with E-state index >= 15 is 0 Å². The first-order valence-corrected chi connectivity index (χ1v) is 10.8. The summed E-state index contributed by atoms with van der Waals surface area (Å²) >= 11 is 7.32. The predicted octanol–water partition coefficient (Wildman–Crippen LogP) is 2.91. The predicted molar refractivity (Wildman–Crippen MR) is 121 cm³/mol. The van der Waals surface area contributed by atoms with Gasteiger partial charge in [0.05, 0.1) is 29.0 Å². The molecule has 10 heteroatoms. The van der Waals surface area contributed by atoms with Gasteiger partial charge < -0.3 is 10.1 Å². The average Bonchev–Trinajstić information content (AvgIpc) is 2.75. The van der Waals surface area contributed by atoms with Crippen LogP contribution in [0.5, 0.6) is 0 Å². The van der Waals surface area contributed by atoms with Crippen LogP contribution in [0, 0.1) is 6.92 Å². The topological polar surface area (TPSA) is 102 Å². The molecular formula is C21H21ClN4O4S. The maximum Gasteiger partial charge on any atom is 0.321 e. The maximum absolute atomic E-state index is 13.3. The van der Waals surface area contributed by atoms with E-state index in [0.717, 1.165) is 11.8 Å². The molecule has 0 saturated heterocycles. The van der Waals surface area contributed by atoms with Crippen molar-refractivity contribution < 1.29 is 14.3 Å². The second-order valence-electron chi connectivity index (χ2n) is 6.52. The molecule has 162 valence electrons. The van der Waals surface area contributed by atoms with Crippen molar-refractivity contribution in [1.82, 2.24) is 20.2 Å². The van der Waals surface area contributed by atoms with E-state index in [1.807, 2.05) is 6.92 Å². The van der Waals surface area contributed by atoms with Gasteiger partial charge in [0.1, 0.15) is 0 Å². The Bertz CT molecular complexity index is 1180. The number of para-hydroxylation sites is 1. The Morgan fingerprint density at radius 1 is 1.19 bits per heavy atom. The van der Waals surface area contributed by atoms with Gasteiger partial charge in [-0.1, -0.05) is 41.6 Å². The number of methoxy groups -OCH3 is 1. The molecule has 8 nitrogen and oxygen atoms in total. The van der Waals surface area contributed by atoms with Crippen molar-refractivity contribution in [3.63, 3.8) is 0 Å². The lowest BCUT2D eigenvalue weighted by Crippen LogP contribution is -2.41. The van der Waals surface area contributed by atoms with E-state index in [1.165, 1.54) is 11.7 Å². The van der Waals surface area contributed by atoms with E-state index in [-0.39, 0.29) is 17.9 Å². The summed E-state index contributed by atoms with van der Waals surface area (Å²) < 4.78 is 6.29. The molecular weight excluding hydrogens is 440 g/mol. The average molecular weight is 461 g/mol. The molecule has 2 N–H and O–H groups in total. The number of nitrogens with one attached hydrogen (secondary N) is 2. The van der Waals surface area contributed by atoms with Crippen LogP contribution in [0.15, 0.2) is 52.4 Å². The molecule has 1 aromatic heterocycles. The summed E-state index contributed by atoms with van der Waals surface area (Å²) in [5.41, 5.74) is 1.54. The zero-order valence-corrected chi connectivity index (χ0v) is 18.5. The fourth-order valence-corrected chi connectivity index (χ4v) is 3.84. The van der Waals surface area contributed by atoms with Crippen LogP contribution in [0.1, 0.15) is 5.56 Å². The van der Waals surface area contributed by atoms with E-state index in [0.29, 0.717) is 38.9 Å². The number of carbonyl (C=O) groups is 2. The summed E-state index contributed by atoms with van der Waals surface area (Å²) in [6.07, 6.45) is 0. The molecule has 0 radical (unpaired) electrons. The fourth-order valence-electron chi connectivity index (χ4n) is 2.86. The summed E-state index contributed by atoms with van der Waals surface area (Å²) in [5.74, 6) is -0.626. The number of benzene rings is 2. The molecule has 0 spiro atoms. The van der Waals surface area contributed by atoms with Gasteiger partial charge in [-0.15, -0.1) is 0 Å². The summed E-state index contributed by atoms with van der Waals surface area (Å²) in [6.45, 7) is 2.43. The molecule has 0 atom stereocenters. The van der Waals surface area contributed by atoms with Crippen LogP contribution >= 0.6 is 23.4 Å². The highest BCUT2D eigenvalue weighted by atomic mass is 35.5. The van der Waals surface area contributed by atoms with Gasteiger partial charge in [-0.05, 0) is 36.8 Å². The first-order chi connectivity index (χ1) is 14.9. The Labute approximate surface area is 187 Å². The van der Waals surface area contributed by atoms with Crippen LogP contribution < -0.4 is 16.2 Å². The fraction of sp³-hybridized carbons (Fsp3) is 0.238.